The molecular weight excluding hydrogens is 697 g/mol. The van der Waals surface area contributed by atoms with Crippen molar-refractivity contribution in [1.29, 1.82) is 0 Å². The average Bonchev–Trinajstić information content (AvgIpc) is 3.18. The van der Waals surface area contributed by atoms with Gasteiger partial charge in [-0.3, -0.25) is 14.4 Å². The van der Waals surface area contributed by atoms with E-state index in [2.05, 4.69) is 27.7 Å². The first-order valence-corrected chi connectivity index (χ1v) is 24.9. The summed E-state index contributed by atoms with van der Waals surface area (Å²) in [6.45, 7) is 9.00. The molecule has 0 spiro atoms. The van der Waals surface area contributed by atoms with Crippen LogP contribution in [0.15, 0.2) is 0 Å². The van der Waals surface area contributed by atoms with Crippen molar-refractivity contribution in [2.45, 2.75) is 284 Å². The average molecular weight is 793 g/mol. The molecule has 0 heterocycles. The van der Waals surface area contributed by atoms with Crippen molar-refractivity contribution < 1.29 is 28.6 Å². The summed E-state index contributed by atoms with van der Waals surface area (Å²) in [5.41, 5.74) is 0. The number of rotatable bonds is 45. The summed E-state index contributed by atoms with van der Waals surface area (Å²) in [6, 6.07) is 0. The number of unbranched alkanes of at least 4 members (excludes halogenated alkanes) is 32. The molecule has 0 N–H and O–H groups in total. The van der Waals surface area contributed by atoms with Gasteiger partial charge < -0.3 is 14.2 Å². The Hall–Kier alpha value is -1.59. The predicted molar refractivity (Wildman–Crippen MR) is 238 cm³/mol. The third kappa shape index (κ3) is 43.5. The second-order valence-corrected chi connectivity index (χ2v) is 17.6. The lowest BCUT2D eigenvalue weighted by Gasteiger charge is -2.18. The molecule has 0 aromatic rings. The van der Waals surface area contributed by atoms with Crippen LogP contribution in [0, 0.1) is 5.92 Å². The highest BCUT2D eigenvalue weighted by Gasteiger charge is 2.19. The molecule has 0 aromatic carbocycles. The number of esters is 3. The van der Waals surface area contributed by atoms with E-state index in [1.54, 1.807) is 0 Å². The SMILES string of the molecule is CCCCCCCCCCCCC(=O)O[C@H](COC(=O)CCCCCCCCCCC)COC(=O)CCCCCCCCCCCCCCCCCCC(C)C. The van der Waals surface area contributed by atoms with Crippen LogP contribution in [0.3, 0.4) is 0 Å². The second kappa shape index (κ2) is 44.5. The quantitative estimate of drug-likeness (QED) is 0.0347. The van der Waals surface area contributed by atoms with E-state index >= 15 is 0 Å². The molecule has 0 unspecified atom stereocenters. The minimum Gasteiger partial charge on any atom is -0.462 e. The van der Waals surface area contributed by atoms with E-state index in [1.807, 2.05) is 0 Å². The Morgan fingerprint density at radius 3 is 0.875 bits per heavy atom. The fraction of sp³-hybridized carbons (Fsp3) is 0.940. The van der Waals surface area contributed by atoms with Gasteiger partial charge in [-0.25, -0.2) is 0 Å². The predicted octanol–water partition coefficient (Wildman–Crippen LogP) is 15.9. The van der Waals surface area contributed by atoms with E-state index in [1.165, 1.54) is 173 Å². The van der Waals surface area contributed by atoms with E-state index in [9.17, 15) is 14.4 Å². The van der Waals surface area contributed by atoms with Gasteiger partial charge >= 0.3 is 17.9 Å². The summed E-state index contributed by atoms with van der Waals surface area (Å²) in [5.74, 6) is 0.00121. The molecule has 0 aliphatic carbocycles. The van der Waals surface area contributed by atoms with Crippen LogP contribution >= 0.6 is 0 Å². The van der Waals surface area contributed by atoms with Crippen molar-refractivity contribution in [2.24, 2.45) is 5.92 Å². The van der Waals surface area contributed by atoms with Crippen molar-refractivity contribution in [1.82, 2.24) is 0 Å². The lowest BCUT2D eigenvalue weighted by atomic mass is 10.0. The van der Waals surface area contributed by atoms with Gasteiger partial charge in [-0.15, -0.1) is 0 Å². The molecule has 0 amide bonds. The Bertz CT molecular complexity index is 841. The van der Waals surface area contributed by atoms with Crippen LogP contribution in [0.1, 0.15) is 278 Å². The molecule has 0 radical (unpaired) electrons. The van der Waals surface area contributed by atoms with E-state index in [4.69, 9.17) is 14.2 Å². The maximum atomic E-state index is 12.7. The number of hydrogen-bond acceptors (Lipinski definition) is 6. The topological polar surface area (TPSA) is 78.9 Å². The van der Waals surface area contributed by atoms with Crippen LogP contribution in [0.4, 0.5) is 0 Å². The number of ether oxygens (including phenoxy) is 3. The zero-order chi connectivity index (χ0) is 41.0. The Morgan fingerprint density at radius 1 is 0.339 bits per heavy atom. The molecule has 0 fully saturated rings. The molecule has 332 valence electrons. The zero-order valence-corrected chi connectivity index (χ0v) is 38.1. The molecule has 0 aliphatic rings. The minimum absolute atomic E-state index is 0.0631. The van der Waals surface area contributed by atoms with Crippen molar-refractivity contribution in [3.8, 4) is 0 Å². The number of carbonyl (C=O) groups is 3. The van der Waals surface area contributed by atoms with Crippen LogP contribution in [-0.4, -0.2) is 37.2 Å². The lowest BCUT2D eigenvalue weighted by Crippen LogP contribution is -2.30. The van der Waals surface area contributed by atoms with Crippen LogP contribution in [0.2, 0.25) is 0 Å². The van der Waals surface area contributed by atoms with Crippen LogP contribution < -0.4 is 0 Å². The molecule has 0 aromatic heterocycles. The van der Waals surface area contributed by atoms with E-state index in [-0.39, 0.29) is 31.1 Å². The molecule has 0 aliphatic heterocycles. The van der Waals surface area contributed by atoms with Crippen LogP contribution in [0.25, 0.3) is 0 Å². The van der Waals surface area contributed by atoms with Gasteiger partial charge in [0, 0.05) is 19.3 Å². The Morgan fingerprint density at radius 2 is 0.589 bits per heavy atom. The van der Waals surface area contributed by atoms with Gasteiger partial charge in [0.15, 0.2) is 6.10 Å². The third-order valence-electron chi connectivity index (χ3n) is 11.3. The fourth-order valence-corrected chi connectivity index (χ4v) is 7.51. The number of carbonyl (C=O) groups excluding carboxylic acids is 3. The van der Waals surface area contributed by atoms with Crippen molar-refractivity contribution in [2.75, 3.05) is 13.2 Å². The largest absolute Gasteiger partial charge is 0.462 e. The fourth-order valence-electron chi connectivity index (χ4n) is 7.51. The highest BCUT2D eigenvalue weighted by molar-refractivity contribution is 5.71. The molecule has 0 bridgehead atoms. The van der Waals surface area contributed by atoms with Gasteiger partial charge in [0.1, 0.15) is 13.2 Å². The maximum absolute atomic E-state index is 12.7. The molecular formula is C50H96O6. The van der Waals surface area contributed by atoms with Gasteiger partial charge in [-0.05, 0) is 25.2 Å². The molecule has 0 rings (SSSR count). The number of hydrogen-bond donors (Lipinski definition) is 0. The normalized spacial score (nSPS) is 11.9. The summed E-state index contributed by atoms with van der Waals surface area (Å²) >= 11 is 0. The third-order valence-corrected chi connectivity index (χ3v) is 11.3. The monoisotopic (exact) mass is 793 g/mol. The highest BCUT2D eigenvalue weighted by atomic mass is 16.6. The van der Waals surface area contributed by atoms with Gasteiger partial charge in [-0.2, -0.15) is 0 Å². The summed E-state index contributed by atoms with van der Waals surface area (Å²) in [5, 5.41) is 0. The standard InChI is InChI=1S/C50H96O6/c1-5-7-9-11-13-15-26-31-35-39-43-50(53)56-47(44-54-48(51)41-37-33-29-24-14-12-10-8-6-2)45-55-49(52)42-38-34-30-27-23-21-19-17-16-18-20-22-25-28-32-36-40-46(3)4/h46-47H,5-45H2,1-4H3/t47-/m1/s1. The van der Waals surface area contributed by atoms with Gasteiger partial charge in [0.05, 0.1) is 0 Å². The first-order valence-electron chi connectivity index (χ1n) is 24.9. The first-order chi connectivity index (χ1) is 27.4. The van der Waals surface area contributed by atoms with Crippen LogP contribution in [0.5, 0.6) is 0 Å². The van der Waals surface area contributed by atoms with Gasteiger partial charge in [0.25, 0.3) is 0 Å². The second-order valence-electron chi connectivity index (χ2n) is 17.6. The van der Waals surface area contributed by atoms with Crippen molar-refractivity contribution >= 4 is 17.9 Å². The molecule has 6 heteroatoms. The highest BCUT2D eigenvalue weighted by Crippen LogP contribution is 2.17. The van der Waals surface area contributed by atoms with Gasteiger partial charge in [0.2, 0.25) is 0 Å². The van der Waals surface area contributed by atoms with Crippen molar-refractivity contribution in [3.63, 3.8) is 0 Å². The first kappa shape index (κ1) is 54.4. The summed E-state index contributed by atoms with van der Waals surface area (Å²) in [7, 11) is 0. The van der Waals surface area contributed by atoms with Crippen LogP contribution in [-0.2, 0) is 28.6 Å². The molecule has 0 saturated heterocycles. The zero-order valence-electron chi connectivity index (χ0n) is 38.1. The summed E-state index contributed by atoms with van der Waals surface area (Å²) < 4.78 is 16.7. The molecule has 56 heavy (non-hydrogen) atoms. The van der Waals surface area contributed by atoms with Gasteiger partial charge in [-0.1, -0.05) is 240 Å². The van der Waals surface area contributed by atoms with E-state index in [0.717, 1.165) is 63.7 Å². The maximum Gasteiger partial charge on any atom is 0.306 e. The van der Waals surface area contributed by atoms with Crippen molar-refractivity contribution in [3.05, 3.63) is 0 Å². The summed E-state index contributed by atoms with van der Waals surface area (Å²) in [6.07, 6.45) is 45.2. The minimum atomic E-state index is -0.758. The smallest absolute Gasteiger partial charge is 0.306 e. The molecule has 6 nitrogen and oxygen atoms in total. The Labute approximate surface area is 348 Å². The lowest BCUT2D eigenvalue weighted by molar-refractivity contribution is -0.167. The molecule has 1 atom stereocenters. The Kier molecular flexibility index (Phi) is 43.2. The van der Waals surface area contributed by atoms with E-state index < -0.39 is 6.10 Å². The van der Waals surface area contributed by atoms with E-state index in [0.29, 0.717) is 19.3 Å². The summed E-state index contributed by atoms with van der Waals surface area (Å²) in [4.78, 5) is 37.7. The Balaban J connectivity index is 4.18. The molecule has 0 saturated carbocycles.